The Kier molecular flexibility index (Phi) is 2.71. The molecule has 2 aromatic heterocycles. The Labute approximate surface area is 120 Å². The molecule has 4 rings (SSSR count). The van der Waals surface area contributed by atoms with Crippen molar-refractivity contribution in [2.24, 2.45) is 0 Å². The van der Waals surface area contributed by atoms with Gasteiger partial charge < -0.3 is 0 Å². The highest BCUT2D eigenvalue weighted by atomic mass is 15.4. The predicted octanol–water partition coefficient (Wildman–Crippen LogP) is 2.35. The van der Waals surface area contributed by atoms with Crippen molar-refractivity contribution in [3.63, 3.8) is 0 Å². The molecule has 6 nitrogen and oxygen atoms in total. The van der Waals surface area contributed by atoms with E-state index in [1.165, 1.54) is 0 Å². The molecule has 0 radical (unpaired) electrons. The lowest BCUT2D eigenvalue weighted by Gasteiger charge is -1.97. The summed E-state index contributed by atoms with van der Waals surface area (Å²) in [5.74, 6) is 0. The molecule has 6 heteroatoms. The maximum absolute atomic E-state index is 4.15. The normalized spacial score (nSPS) is 11.8. The lowest BCUT2D eigenvalue weighted by Crippen LogP contribution is -1.98. The molecule has 0 N–H and O–H groups in total. The van der Waals surface area contributed by atoms with Crippen LogP contribution in [0.1, 0.15) is 0 Å². The van der Waals surface area contributed by atoms with Crippen LogP contribution in [-0.2, 0) is 6.54 Å². The molecule has 0 saturated heterocycles. The molecule has 0 amide bonds. The van der Waals surface area contributed by atoms with Gasteiger partial charge in [0.2, 0.25) is 0 Å². The number of allylic oxidation sites excluding steroid dienone is 1. The molecule has 0 bridgehead atoms. The number of nitrogens with zero attached hydrogens (tertiary/aromatic N) is 6. The number of benzene rings is 2. The maximum atomic E-state index is 4.15. The maximum Gasteiger partial charge on any atom is 0.113 e. The first-order valence-electron chi connectivity index (χ1n) is 6.67. The van der Waals surface area contributed by atoms with Crippen molar-refractivity contribution in [2.75, 3.05) is 0 Å². The third kappa shape index (κ3) is 2.06. The quantitative estimate of drug-likeness (QED) is 0.576. The number of aromatic nitrogens is 6. The SMILES string of the molecule is C(=C\n1nnc2ccccc21)/Cn1nnc2ccccc21. The standard InChI is InChI=1S/C15H12N6/c1-3-8-14-12(6-1)16-18-20(14)10-5-11-21-15-9-4-2-7-13(15)17-19-21/h1-10H,11H2/b10-5+. The Hall–Kier alpha value is -3.02. The number of rotatable bonds is 3. The van der Waals surface area contributed by atoms with Crippen molar-refractivity contribution in [1.29, 1.82) is 0 Å². The summed E-state index contributed by atoms with van der Waals surface area (Å²) in [6.45, 7) is 0.634. The van der Waals surface area contributed by atoms with Gasteiger partial charge in [0, 0.05) is 6.20 Å². The zero-order valence-corrected chi connectivity index (χ0v) is 11.2. The van der Waals surface area contributed by atoms with Crippen LogP contribution >= 0.6 is 0 Å². The first-order chi connectivity index (χ1) is 10.4. The van der Waals surface area contributed by atoms with Crippen molar-refractivity contribution >= 4 is 28.3 Å². The smallest absolute Gasteiger partial charge is 0.113 e. The van der Waals surface area contributed by atoms with Gasteiger partial charge in [-0.15, -0.1) is 10.2 Å². The molecule has 0 aliphatic carbocycles. The fourth-order valence-electron chi connectivity index (χ4n) is 2.30. The number of para-hydroxylation sites is 2. The van der Waals surface area contributed by atoms with E-state index in [0.717, 1.165) is 22.1 Å². The van der Waals surface area contributed by atoms with Crippen LogP contribution in [0, 0.1) is 0 Å². The summed E-state index contributed by atoms with van der Waals surface area (Å²) in [4.78, 5) is 0. The van der Waals surface area contributed by atoms with E-state index in [1.807, 2.05) is 65.5 Å². The molecule has 0 fully saturated rings. The first-order valence-corrected chi connectivity index (χ1v) is 6.67. The molecule has 2 heterocycles. The molecule has 0 unspecified atom stereocenters. The molecule has 0 aliphatic rings. The van der Waals surface area contributed by atoms with E-state index in [4.69, 9.17) is 0 Å². The van der Waals surface area contributed by atoms with E-state index in [9.17, 15) is 0 Å². The van der Waals surface area contributed by atoms with Crippen molar-refractivity contribution in [3.05, 3.63) is 54.6 Å². The lowest BCUT2D eigenvalue weighted by molar-refractivity contribution is 0.681. The van der Waals surface area contributed by atoms with Gasteiger partial charge in [-0.25, -0.2) is 9.36 Å². The molecule has 0 saturated carbocycles. The molecule has 0 spiro atoms. The topological polar surface area (TPSA) is 61.4 Å². The van der Waals surface area contributed by atoms with E-state index in [2.05, 4.69) is 20.6 Å². The zero-order valence-electron chi connectivity index (χ0n) is 11.2. The predicted molar refractivity (Wildman–Crippen MR) is 80.4 cm³/mol. The van der Waals surface area contributed by atoms with E-state index in [0.29, 0.717) is 6.54 Å². The van der Waals surface area contributed by atoms with Gasteiger partial charge in [0.1, 0.15) is 11.0 Å². The van der Waals surface area contributed by atoms with Crippen molar-refractivity contribution in [2.45, 2.75) is 6.54 Å². The Morgan fingerprint density at radius 3 is 2.33 bits per heavy atom. The van der Waals surface area contributed by atoms with Gasteiger partial charge in [-0.2, -0.15) is 0 Å². The second-order valence-electron chi connectivity index (χ2n) is 4.67. The lowest BCUT2D eigenvalue weighted by atomic mass is 10.3. The summed E-state index contributed by atoms with van der Waals surface area (Å²) >= 11 is 0. The summed E-state index contributed by atoms with van der Waals surface area (Å²) in [5.41, 5.74) is 3.79. The molecule has 102 valence electrons. The molecular formula is C15H12N6. The van der Waals surface area contributed by atoms with Gasteiger partial charge in [-0.3, -0.25) is 0 Å². The Morgan fingerprint density at radius 1 is 0.810 bits per heavy atom. The fraction of sp³-hybridized carbons (Fsp3) is 0.0667. The largest absolute Gasteiger partial charge is 0.241 e. The van der Waals surface area contributed by atoms with Gasteiger partial charge in [0.25, 0.3) is 0 Å². The van der Waals surface area contributed by atoms with Crippen LogP contribution in [0.15, 0.2) is 54.6 Å². The van der Waals surface area contributed by atoms with Crippen LogP contribution in [0.5, 0.6) is 0 Å². The molecule has 2 aromatic carbocycles. The van der Waals surface area contributed by atoms with Gasteiger partial charge in [0.15, 0.2) is 0 Å². The number of hydrogen-bond donors (Lipinski definition) is 0. The minimum absolute atomic E-state index is 0.634. The first kappa shape index (κ1) is 11.8. The van der Waals surface area contributed by atoms with Crippen LogP contribution in [0.2, 0.25) is 0 Å². The van der Waals surface area contributed by atoms with E-state index in [1.54, 1.807) is 4.68 Å². The Bertz CT molecular complexity index is 933. The highest BCUT2D eigenvalue weighted by Gasteiger charge is 2.02. The third-order valence-electron chi connectivity index (χ3n) is 3.32. The minimum atomic E-state index is 0.634. The molecule has 0 aliphatic heterocycles. The number of hydrogen-bond acceptors (Lipinski definition) is 4. The van der Waals surface area contributed by atoms with Crippen molar-refractivity contribution in [1.82, 2.24) is 30.0 Å². The highest BCUT2D eigenvalue weighted by molar-refractivity contribution is 5.76. The molecular weight excluding hydrogens is 264 g/mol. The van der Waals surface area contributed by atoms with Gasteiger partial charge in [-0.1, -0.05) is 34.7 Å². The summed E-state index contributed by atoms with van der Waals surface area (Å²) in [7, 11) is 0. The Morgan fingerprint density at radius 2 is 1.48 bits per heavy atom. The number of fused-ring (bicyclic) bond motifs is 2. The van der Waals surface area contributed by atoms with Gasteiger partial charge in [-0.05, 0) is 30.3 Å². The monoisotopic (exact) mass is 276 g/mol. The summed E-state index contributed by atoms with van der Waals surface area (Å²) < 4.78 is 3.61. The Balaban J connectivity index is 1.61. The third-order valence-corrected chi connectivity index (χ3v) is 3.32. The zero-order chi connectivity index (χ0) is 14.1. The second-order valence-corrected chi connectivity index (χ2v) is 4.67. The van der Waals surface area contributed by atoms with Crippen molar-refractivity contribution < 1.29 is 0 Å². The van der Waals surface area contributed by atoms with Crippen LogP contribution in [0.4, 0.5) is 0 Å². The summed E-state index contributed by atoms with van der Waals surface area (Å²) in [6, 6.07) is 15.8. The molecule has 4 aromatic rings. The average molecular weight is 276 g/mol. The van der Waals surface area contributed by atoms with Crippen molar-refractivity contribution in [3.8, 4) is 0 Å². The van der Waals surface area contributed by atoms with Gasteiger partial charge in [0.05, 0.1) is 17.6 Å². The van der Waals surface area contributed by atoms with Crippen LogP contribution < -0.4 is 0 Å². The van der Waals surface area contributed by atoms with E-state index in [-0.39, 0.29) is 0 Å². The van der Waals surface area contributed by atoms with Gasteiger partial charge >= 0.3 is 0 Å². The second kappa shape index (κ2) is 4.82. The highest BCUT2D eigenvalue weighted by Crippen LogP contribution is 2.11. The average Bonchev–Trinajstić information content (AvgIpc) is 3.13. The van der Waals surface area contributed by atoms with Crippen LogP contribution in [-0.4, -0.2) is 30.0 Å². The van der Waals surface area contributed by atoms with Crippen LogP contribution in [0.25, 0.3) is 28.3 Å². The van der Waals surface area contributed by atoms with Crippen LogP contribution in [0.3, 0.4) is 0 Å². The summed E-state index contributed by atoms with van der Waals surface area (Å²) in [5, 5.41) is 16.5. The van der Waals surface area contributed by atoms with E-state index >= 15 is 0 Å². The fourth-order valence-corrected chi connectivity index (χ4v) is 2.30. The summed E-state index contributed by atoms with van der Waals surface area (Å²) in [6.07, 6.45) is 3.88. The molecule has 21 heavy (non-hydrogen) atoms. The molecule has 0 atom stereocenters. The minimum Gasteiger partial charge on any atom is -0.241 e. The van der Waals surface area contributed by atoms with E-state index < -0.39 is 0 Å².